The molecule has 1 atom stereocenters. The third-order valence-electron chi connectivity index (χ3n) is 4.75. The lowest BCUT2D eigenvalue weighted by molar-refractivity contribution is 0.445. The number of aliphatic imine (C=N–C) groups is 2. The number of H-pyrrole nitrogens is 1. The number of hydrogen-bond donors (Lipinski definition) is 3. The van der Waals surface area contributed by atoms with Crippen molar-refractivity contribution < 1.29 is 5.11 Å². The first-order chi connectivity index (χ1) is 12.5. The molecule has 0 saturated carbocycles. The Balaban J connectivity index is 1.68. The van der Waals surface area contributed by atoms with Gasteiger partial charge in [0.25, 0.3) is 0 Å². The number of nitrogens with zero attached hydrogens (tertiary/aromatic N) is 2. The maximum atomic E-state index is 10.2. The van der Waals surface area contributed by atoms with Crippen LogP contribution in [0.5, 0.6) is 0 Å². The summed E-state index contributed by atoms with van der Waals surface area (Å²) in [4.78, 5) is 12.5. The van der Waals surface area contributed by atoms with Gasteiger partial charge in [0, 0.05) is 22.5 Å². The van der Waals surface area contributed by atoms with Gasteiger partial charge in [0.1, 0.15) is 11.5 Å². The highest BCUT2D eigenvalue weighted by Gasteiger charge is 2.27. The molecule has 0 spiro atoms. The van der Waals surface area contributed by atoms with Crippen LogP contribution < -0.4 is 16.0 Å². The van der Waals surface area contributed by atoms with Crippen molar-refractivity contribution in [2.24, 2.45) is 9.98 Å². The molecule has 0 radical (unpaired) electrons. The van der Waals surface area contributed by atoms with Crippen molar-refractivity contribution in [3.05, 3.63) is 82.1 Å². The Kier molecular flexibility index (Phi) is 3.06. The summed E-state index contributed by atoms with van der Waals surface area (Å²) in [5.74, 6) is 0.170. The SMILES string of the molecule is CC12C=C3C=C(O)C(=N3)C=C3C=CC(=N3)C=c3ccc([nH]3)=CC(=CC1)N2. The predicted molar refractivity (Wildman–Crippen MR) is 104 cm³/mol. The summed E-state index contributed by atoms with van der Waals surface area (Å²) in [6, 6.07) is 4.10. The number of hydrogen-bond acceptors (Lipinski definition) is 4. The zero-order chi connectivity index (χ0) is 17.7. The molecule has 1 aromatic heterocycles. The van der Waals surface area contributed by atoms with E-state index in [9.17, 15) is 5.11 Å². The second-order valence-corrected chi connectivity index (χ2v) is 7.10. The number of fused-ring (bicyclic) bond motifs is 6. The molecule has 3 N–H and O–H groups in total. The van der Waals surface area contributed by atoms with Gasteiger partial charge in [0.05, 0.1) is 22.6 Å². The third kappa shape index (κ3) is 2.67. The fourth-order valence-corrected chi connectivity index (χ4v) is 3.51. The van der Waals surface area contributed by atoms with E-state index in [1.807, 2.05) is 24.3 Å². The monoisotopic (exact) mass is 342 g/mol. The lowest BCUT2D eigenvalue weighted by Gasteiger charge is -2.22. The highest BCUT2D eigenvalue weighted by atomic mass is 16.3. The van der Waals surface area contributed by atoms with Crippen LogP contribution in [0.2, 0.25) is 0 Å². The molecule has 26 heavy (non-hydrogen) atoms. The summed E-state index contributed by atoms with van der Waals surface area (Å²) in [5.41, 5.74) is 3.76. The molecule has 4 aliphatic heterocycles. The van der Waals surface area contributed by atoms with Crippen molar-refractivity contribution in [2.75, 3.05) is 0 Å². The smallest absolute Gasteiger partial charge is 0.143 e. The molecule has 1 unspecified atom stereocenters. The lowest BCUT2D eigenvalue weighted by atomic mass is 9.99. The van der Waals surface area contributed by atoms with Gasteiger partial charge in [-0.15, -0.1) is 0 Å². The van der Waals surface area contributed by atoms with E-state index in [0.29, 0.717) is 5.71 Å². The molecule has 0 aromatic carbocycles. The molecule has 0 fully saturated rings. The number of aromatic amines is 1. The van der Waals surface area contributed by atoms with Crippen molar-refractivity contribution in [3.8, 4) is 0 Å². The molecule has 0 amide bonds. The molecule has 1 aromatic rings. The fraction of sp³-hybridized carbons (Fsp3) is 0.143. The van der Waals surface area contributed by atoms with Crippen LogP contribution >= 0.6 is 0 Å². The van der Waals surface area contributed by atoms with Gasteiger partial charge in [-0.3, -0.25) is 0 Å². The van der Waals surface area contributed by atoms with Crippen LogP contribution in [0.4, 0.5) is 0 Å². The van der Waals surface area contributed by atoms with E-state index < -0.39 is 0 Å². The van der Waals surface area contributed by atoms with Crippen molar-refractivity contribution in [2.45, 2.75) is 18.9 Å². The summed E-state index contributed by atoms with van der Waals surface area (Å²) in [6.45, 7) is 2.13. The first-order valence-corrected chi connectivity index (χ1v) is 8.63. The molecule has 4 aliphatic rings. The number of allylic oxidation sites excluding steroid dienone is 5. The molecule has 0 saturated heterocycles. The van der Waals surface area contributed by atoms with Gasteiger partial charge in [-0.05, 0) is 61.9 Å². The largest absolute Gasteiger partial charge is 0.506 e. The molecule has 0 aliphatic carbocycles. The minimum Gasteiger partial charge on any atom is -0.506 e. The van der Waals surface area contributed by atoms with Gasteiger partial charge >= 0.3 is 0 Å². The third-order valence-corrected chi connectivity index (χ3v) is 4.75. The average molecular weight is 342 g/mol. The zero-order valence-electron chi connectivity index (χ0n) is 14.3. The van der Waals surface area contributed by atoms with Crippen molar-refractivity contribution in [1.29, 1.82) is 0 Å². The van der Waals surface area contributed by atoms with Crippen molar-refractivity contribution >= 4 is 23.6 Å². The second kappa shape index (κ2) is 5.33. The van der Waals surface area contributed by atoms with Crippen LogP contribution in [0, 0.1) is 0 Å². The number of rotatable bonds is 0. The van der Waals surface area contributed by atoms with E-state index in [-0.39, 0.29) is 11.3 Å². The number of aliphatic hydroxyl groups excluding tert-OH is 1. The topological polar surface area (TPSA) is 72.8 Å². The Morgan fingerprint density at radius 1 is 1.00 bits per heavy atom. The molecule has 5 heteroatoms. The average Bonchev–Trinajstić information content (AvgIpc) is 3.33. The molecule has 5 nitrogen and oxygen atoms in total. The maximum absolute atomic E-state index is 10.2. The number of aliphatic hydroxyl groups is 1. The Bertz CT molecular complexity index is 1150. The highest BCUT2D eigenvalue weighted by molar-refractivity contribution is 6.20. The molecular weight excluding hydrogens is 324 g/mol. The van der Waals surface area contributed by atoms with Crippen molar-refractivity contribution in [1.82, 2.24) is 10.3 Å². The van der Waals surface area contributed by atoms with Gasteiger partial charge < -0.3 is 15.4 Å². The summed E-state index contributed by atoms with van der Waals surface area (Å²) in [6.07, 6.45) is 16.6. The standard InChI is InChI=1S/C21H18N4O/c1-21-7-6-17(25-21)9-15-3-2-13(22-15)8-14-4-5-16(23-14)10-19-20(26)11-18(12-21)24-19/h2-6,8-12,22,25-26H,7H2,1H3. The van der Waals surface area contributed by atoms with Crippen LogP contribution in [-0.4, -0.2) is 27.1 Å². The zero-order valence-corrected chi connectivity index (χ0v) is 14.3. The van der Waals surface area contributed by atoms with Crippen LogP contribution in [0.15, 0.2) is 81.4 Å². The second-order valence-electron chi connectivity index (χ2n) is 7.10. The summed E-state index contributed by atoms with van der Waals surface area (Å²) in [5, 5.41) is 15.8. The molecular formula is C21H18N4O. The number of aromatic nitrogens is 1. The Morgan fingerprint density at radius 2 is 1.85 bits per heavy atom. The first-order valence-electron chi connectivity index (χ1n) is 8.63. The van der Waals surface area contributed by atoms with E-state index in [0.717, 1.165) is 39.9 Å². The van der Waals surface area contributed by atoms with Gasteiger partial charge in [-0.25, -0.2) is 9.98 Å². The highest BCUT2D eigenvalue weighted by Crippen LogP contribution is 2.27. The van der Waals surface area contributed by atoms with Gasteiger partial charge in [-0.1, -0.05) is 6.08 Å². The van der Waals surface area contributed by atoms with Crippen LogP contribution in [0.1, 0.15) is 13.3 Å². The van der Waals surface area contributed by atoms with E-state index >= 15 is 0 Å². The fourth-order valence-electron chi connectivity index (χ4n) is 3.51. The Hall–Kier alpha value is -3.34. The summed E-state index contributed by atoms with van der Waals surface area (Å²) >= 11 is 0. The Labute approximate surface area is 150 Å². The summed E-state index contributed by atoms with van der Waals surface area (Å²) < 4.78 is 0. The molecule has 128 valence electrons. The maximum Gasteiger partial charge on any atom is 0.143 e. The van der Waals surface area contributed by atoms with Gasteiger partial charge in [0.2, 0.25) is 0 Å². The van der Waals surface area contributed by atoms with Gasteiger partial charge in [-0.2, -0.15) is 0 Å². The van der Waals surface area contributed by atoms with E-state index in [1.54, 1.807) is 12.2 Å². The first kappa shape index (κ1) is 15.0. The molecule has 8 bridgehead atoms. The number of nitrogens with one attached hydrogen (secondary N) is 2. The van der Waals surface area contributed by atoms with Gasteiger partial charge in [0.15, 0.2) is 0 Å². The lowest BCUT2D eigenvalue weighted by Crippen LogP contribution is -2.35. The minimum absolute atomic E-state index is 0.170. The van der Waals surface area contributed by atoms with E-state index in [1.165, 1.54) is 0 Å². The molecule has 5 heterocycles. The van der Waals surface area contributed by atoms with E-state index in [2.05, 4.69) is 51.5 Å². The van der Waals surface area contributed by atoms with E-state index in [4.69, 9.17) is 0 Å². The normalized spacial score (nSPS) is 25.9. The van der Waals surface area contributed by atoms with Crippen LogP contribution in [-0.2, 0) is 0 Å². The van der Waals surface area contributed by atoms with Crippen molar-refractivity contribution in [3.63, 3.8) is 0 Å². The Morgan fingerprint density at radius 3 is 2.73 bits per heavy atom. The van der Waals surface area contributed by atoms with Crippen LogP contribution in [0.3, 0.4) is 0 Å². The minimum atomic E-state index is -0.235. The quantitative estimate of drug-likeness (QED) is 0.674. The summed E-state index contributed by atoms with van der Waals surface area (Å²) in [7, 11) is 0. The van der Waals surface area contributed by atoms with Crippen LogP contribution in [0.25, 0.3) is 12.2 Å². The predicted octanol–water partition coefficient (Wildman–Crippen LogP) is 1.90. The molecule has 5 rings (SSSR count).